The Hall–Kier alpha value is -3.27. The lowest BCUT2D eigenvalue weighted by atomic mass is 9.97. The second kappa shape index (κ2) is 7.39. The fourth-order valence-corrected chi connectivity index (χ4v) is 3.66. The van der Waals surface area contributed by atoms with E-state index in [1.165, 1.54) is 0 Å². The summed E-state index contributed by atoms with van der Waals surface area (Å²) in [6.45, 7) is 4.60. The number of pyridine rings is 1. The molecule has 1 aromatic heterocycles. The molecule has 1 heterocycles. The van der Waals surface area contributed by atoms with E-state index in [-0.39, 0.29) is 5.43 Å². The minimum Gasteiger partial charge on any atom is -0.497 e. The first kappa shape index (κ1) is 18.1. The van der Waals surface area contributed by atoms with Crippen molar-refractivity contribution in [2.75, 3.05) is 13.7 Å². The number of H-pyrrole nitrogens is 1. The summed E-state index contributed by atoms with van der Waals surface area (Å²) in [4.78, 5) is 17.1. The minimum absolute atomic E-state index is 0.00886. The van der Waals surface area contributed by atoms with Gasteiger partial charge in [-0.05, 0) is 47.9 Å². The van der Waals surface area contributed by atoms with Crippen LogP contribution in [0.1, 0.15) is 19.0 Å². The van der Waals surface area contributed by atoms with Crippen LogP contribution in [0.4, 0.5) is 0 Å². The molecule has 0 saturated heterocycles. The zero-order chi connectivity index (χ0) is 19.7. The van der Waals surface area contributed by atoms with E-state index < -0.39 is 0 Å². The molecule has 0 aliphatic rings. The van der Waals surface area contributed by atoms with Gasteiger partial charge in [0.15, 0.2) is 5.43 Å². The summed E-state index contributed by atoms with van der Waals surface area (Å²) < 4.78 is 11.2. The Morgan fingerprint density at radius 1 is 1.04 bits per heavy atom. The number of fused-ring (bicyclic) bond motifs is 3. The van der Waals surface area contributed by atoms with Crippen molar-refractivity contribution in [3.8, 4) is 22.6 Å². The normalized spacial score (nSPS) is 11.1. The van der Waals surface area contributed by atoms with Gasteiger partial charge in [-0.15, -0.1) is 0 Å². The van der Waals surface area contributed by atoms with Gasteiger partial charge >= 0.3 is 0 Å². The standard InChI is InChI=1S/C24H23NO3/c1-4-13-28-20-14-17-7-5-6-8-19(17)22-23(20)25-15(2)21(24(22)26)16-9-11-18(27-3)12-10-16/h5-12,14H,4,13H2,1-3H3,(H,25,26). The maximum atomic E-state index is 13.6. The van der Waals surface area contributed by atoms with Gasteiger partial charge in [0, 0.05) is 11.3 Å². The van der Waals surface area contributed by atoms with Gasteiger partial charge < -0.3 is 14.5 Å². The van der Waals surface area contributed by atoms with Crippen LogP contribution in [0.5, 0.6) is 11.5 Å². The van der Waals surface area contributed by atoms with Gasteiger partial charge in [0.2, 0.25) is 0 Å². The van der Waals surface area contributed by atoms with Crippen molar-refractivity contribution in [2.24, 2.45) is 0 Å². The van der Waals surface area contributed by atoms with Gasteiger partial charge in [-0.25, -0.2) is 0 Å². The maximum absolute atomic E-state index is 13.6. The number of hydrogen-bond acceptors (Lipinski definition) is 3. The highest BCUT2D eigenvalue weighted by Gasteiger charge is 2.17. The average Bonchev–Trinajstić information content (AvgIpc) is 2.72. The molecule has 4 rings (SSSR count). The largest absolute Gasteiger partial charge is 0.497 e. The predicted octanol–water partition coefficient (Wildman–Crippen LogP) is 5.45. The summed E-state index contributed by atoms with van der Waals surface area (Å²) in [5, 5.41) is 2.59. The minimum atomic E-state index is 0.00886. The Morgan fingerprint density at radius 2 is 1.79 bits per heavy atom. The molecule has 0 radical (unpaired) electrons. The van der Waals surface area contributed by atoms with Crippen LogP contribution in [0.25, 0.3) is 32.8 Å². The highest BCUT2D eigenvalue weighted by Crippen LogP contribution is 2.33. The van der Waals surface area contributed by atoms with E-state index >= 15 is 0 Å². The van der Waals surface area contributed by atoms with E-state index in [0.717, 1.165) is 45.5 Å². The summed E-state index contributed by atoms with van der Waals surface area (Å²) in [5.41, 5.74) is 3.12. The Labute approximate surface area is 163 Å². The molecule has 4 nitrogen and oxygen atoms in total. The molecule has 28 heavy (non-hydrogen) atoms. The van der Waals surface area contributed by atoms with Crippen LogP contribution in [0.15, 0.2) is 59.4 Å². The van der Waals surface area contributed by atoms with E-state index in [2.05, 4.69) is 11.9 Å². The second-order valence-electron chi connectivity index (χ2n) is 6.88. The number of nitrogens with one attached hydrogen (secondary N) is 1. The molecule has 142 valence electrons. The first-order valence-electron chi connectivity index (χ1n) is 9.49. The van der Waals surface area contributed by atoms with E-state index in [9.17, 15) is 4.79 Å². The Morgan fingerprint density at radius 3 is 2.50 bits per heavy atom. The summed E-state index contributed by atoms with van der Waals surface area (Å²) in [7, 11) is 1.63. The molecule has 0 fully saturated rings. The van der Waals surface area contributed by atoms with E-state index in [4.69, 9.17) is 9.47 Å². The van der Waals surface area contributed by atoms with Crippen molar-refractivity contribution in [1.82, 2.24) is 4.98 Å². The van der Waals surface area contributed by atoms with Crippen molar-refractivity contribution in [3.63, 3.8) is 0 Å². The van der Waals surface area contributed by atoms with Gasteiger partial charge in [-0.3, -0.25) is 4.79 Å². The predicted molar refractivity (Wildman–Crippen MR) is 115 cm³/mol. The lowest BCUT2D eigenvalue weighted by molar-refractivity contribution is 0.321. The van der Waals surface area contributed by atoms with Crippen LogP contribution < -0.4 is 14.9 Å². The fraction of sp³-hybridized carbons (Fsp3) is 0.208. The zero-order valence-electron chi connectivity index (χ0n) is 16.3. The van der Waals surface area contributed by atoms with E-state index in [1.54, 1.807) is 7.11 Å². The maximum Gasteiger partial charge on any atom is 0.198 e. The lowest BCUT2D eigenvalue weighted by Crippen LogP contribution is -2.11. The van der Waals surface area contributed by atoms with Crippen LogP contribution in [0, 0.1) is 6.92 Å². The number of hydrogen-bond donors (Lipinski definition) is 1. The summed E-state index contributed by atoms with van der Waals surface area (Å²) in [6.07, 6.45) is 0.904. The van der Waals surface area contributed by atoms with Crippen molar-refractivity contribution >= 4 is 21.7 Å². The number of ether oxygens (including phenoxy) is 2. The molecule has 0 spiro atoms. The monoisotopic (exact) mass is 373 g/mol. The summed E-state index contributed by atoms with van der Waals surface area (Å²) in [6, 6.07) is 17.5. The number of aryl methyl sites for hydroxylation is 1. The van der Waals surface area contributed by atoms with Crippen LogP contribution in [-0.4, -0.2) is 18.7 Å². The molecular weight excluding hydrogens is 350 g/mol. The number of rotatable bonds is 5. The van der Waals surface area contributed by atoms with Crippen LogP contribution in [-0.2, 0) is 0 Å². The first-order valence-corrected chi connectivity index (χ1v) is 9.49. The van der Waals surface area contributed by atoms with Gasteiger partial charge in [0.1, 0.15) is 11.5 Å². The molecule has 0 aliphatic heterocycles. The van der Waals surface area contributed by atoms with Crippen molar-refractivity contribution in [3.05, 3.63) is 70.5 Å². The summed E-state index contributed by atoms with van der Waals surface area (Å²) in [5.74, 6) is 1.48. The number of benzene rings is 3. The topological polar surface area (TPSA) is 51.3 Å². The molecule has 0 saturated carbocycles. The Balaban J connectivity index is 2.06. The van der Waals surface area contributed by atoms with Crippen LogP contribution >= 0.6 is 0 Å². The molecular formula is C24H23NO3. The van der Waals surface area contributed by atoms with Gasteiger partial charge in [-0.1, -0.05) is 43.3 Å². The quantitative estimate of drug-likeness (QED) is 0.473. The highest BCUT2D eigenvalue weighted by atomic mass is 16.5. The SMILES string of the molecule is CCCOc1cc2ccccc2c2c(=O)c(-c3ccc(OC)cc3)c(C)[nH]c12. The Kier molecular flexibility index (Phi) is 4.78. The third-order valence-corrected chi connectivity index (χ3v) is 5.00. The van der Waals surface area contributed by atoms with Crippen molar-refractivity contribution in [2.45, 2.75) is 20.3 Å². The molecule has 3 aromatic carbocycles. The van der Waals surface area contributed by atoms with E-state index in [1.807, 2.05) is 61.5 Å². The number of methoxy groups -OCH3 is 1. The highest BCUT2D eigenvalue weighted by molar-refractivity contribution is 6.10. The summed E-state index contributed by atoms with van der Waals surface area (Å²) >= 11 is 0. The van der Waals surface area contributed by atoms with Crippen molar-refractivity contribution < 1.29 is 9.47 Å². The molecule has 0 unspecified atom stereocenters. The van der Waals surface area contributed by atoms with E-state index in [0.29, 0.717) is 17.6 Å². The first-order chi connectivity index (χ1) is 13.6. The lowest BCUT2D eigenvalue weighted by Gasteiger charge is -2.15. The van der Waals surface area contributed by atoms with Gasteiger partial charge in [-0.2, -0.15) is 0 Å². The zero-order valence-corrected chi connectivity index (χ0v) is 16.3. The third kappa shape index (κ3) is 3.01. The average molecular weight is 373 g/mol. The van der Waals surface area contributed by atoms with Gasteiger partial charge in [0.05, 0.1) is 24.6 Å². The molecule has 0 atom stereocenters. The molecule has 4 heteroatoms. The molecule has 1 N–H and O–H groups in total. The third-order valence-electron chi connectivity index (χ3n) is 5.00. The molecule has 4 aromatic rings. The molecule has 0 amide bonds. The van der Waals surface area contributed by atoms with Crippen LogP contribution in [0.2, 0.25) is 0 Å². The smallest absolute Gasteiger partial charge is 0.198 e. The number of aromatic amines is 1. The fourth-order valence-electron chi connectivity index (χ4n) is 3.66. The van der Waals surface area contributed by atoms with Gasteiger partial charge in [0.25, 0.3) is 0 Å². The second-order valence-corrected chi connectivity index (χ2v) is 6.88. The molecule has 0 bridgehead atoms. The van der Waals surface area contributed by atoms with Crippen LogP contribution in [0.3, 0.4) is 0 Å². The van der Waals surface area contributed by atoms with Crippen molar-refractivity contribution in [1.29, 1.82) is 0 Å². The molecule has 0 aliphatic carbocycles. The Bertz CT molecular complexity index is 1210. The number of aromatic nitrogens is 1.